The van der Waals surface area contributed by atoms with Gasteiger partial charge < -0.3 is 10.2 Å². The van der Waals surface area contributed by atoms with Crippen molar-refractivity contribution in [1.29, 1.82) is 0 Å². The fourth-order valence-corrected chi connectivity index (χ4v) is 1.93. The second kappa shape index (κ2) is 7.64. The molecular formula is C18H13NO5. The fourth-order valence-electron chi connectivity index (χ4n) is 1.93. The lowest BCUT2D eigenvalue weighted by Crippen LogP contribution is -2.12. The molecule has 0 unspecified atom stereocenters. The molecule has 1 aliphatic rings. The maximum Gasteiger partial charge on any atom is 0.339 e. The fraction of sp³-hybridized carbons (Fsp3) is 0. The van der Waals surface area contributed by atoms with Crippen LogP contribution >= 0.6 is 0 Å². The number of aliphatic carboxylic acids is 1. The smallest absolute Gasteiger partial charge is 0.339 e. The van der Waals surface area contributed by atoms with Crippen molar-refractivity contribution in [1.82, 2.24) is 0 Å². The van der Waals surface area contributed by atoms with Crippen molar-refractivity contribution >= 4 is 23.5 Å². The number of nitrogens with zero attached hydrogens (tertiary/aromatic N) is 1. The Hall–Kier alpha value is -3.54. The minimum Gasteiger partial charge on any atom is -0.506 e. The van der Waals surface area contributed by atoms with Crippen molar-refractivity contribution in [2.45, 2.75) is 0 Å². The van der Waals surface area contributed by atoms with Crippen LogP contribution in [0, 0.1) is 4.91 Å². The van der Waals surface area contributed by atoms with Gasteiger partial charge in [0, 0.05) is 0 Å². The Balaban J connectivity index is 2.07. The van der Waals surface area contributed by atoms with Gasteiger partial charge >= 0.3 is 5.97 Å². The number of benzene rings is 1. The van der Waals surface area contributed by atoms with E-state index in [9.17, 15) is 19.6 Å². The third-order valence-electron chi connectivity index (χ3n) is 3.13. The Morgan fingerprint density at radius 1 is 1.12 bits per heavy atom. The van der Waals surface area contributed by atoms with Crippen LogP contribution in [0.4, 0.5) is 5.69 Å². The number of allylic oxidation sites excluding steroid dienone is 8. The molecule has 0 atom stereocenters. The standard InChI is InChI=1S/C18H13NO5/c20-16-8-6-12(10-14(16)18(22)23)4-2-1-3-5-13-7-9-17(21)15(11-13)19-24/h1-11,21H,(H,22,23)/b2-1+,5-3+,12-4+. The third-order valence-corrected chi connectivity index (χ3v) is 3.13. The Labute approximate surface area is 137 Å². The monoisotopic (exact) mass is 323 g/mol. The summed E-state index contributed by atoms with van der Waals surface area (Å²) in [5, 5.41) is 21.0. The summed E-state index contributed by atoms with van der Waals surface area (Å²) >= 11 is 0. The van der Waals surface area contributed by atoms with E-state index < -0.39 is 11.8 Å². The number of rotatable bonds is 5. The Kier molecular flexibility index (Phi) is 5.36. The molecule has 24 heavy (non-hydrogen) atoms. The van der Waals surface area contributed by atoms with Gasteiger partial charge in [0.05, 0.1) is 0 Å². The van der Waals surface area contributed by atoms with Gasteiger partial charge in [-0.25, -0.2) is 4.79 Å². The molecule has 0 aliphatic heterocycles. The average Bonchev–Trinajstić information content (AvgIpc) is 2.57. The lowest BCUT2D eigenvalue weighted by molar-refractivity contribution is -0.134. The molecule has 2 N–H and O–H groups in total. The summed E-state index contributed by atoms with van der Waals surface area (Å²) in [4.78, 5) is 32.7. The zero-order valence-corrected chi connectivity index (χ0v) is 12.4. The molecule has 1 aliphatic carbocycles. The predicted molar refractivity (Wildman–Crippen MR) is 89.7 cm³/mol. The van der Waals surface area contributed by atoms with Crippen LogP contribution in [0.25, 0.3) is 6.08 Å². The molecule has 0 heterocycles. The zero-order chi connectivity index (χ0) is 17.5. The molecular weight excluding hydrogens is 310 g/mol. The number of aromatic hydroxyl groups is 1. The first-order chi connectivity index (χ1) is 11.5. The van der Waals surface area contributed by atoms with Gasteiger partial charge in [0.1, 0.15) is 17.0 Å². The van der Waals surface area contributed by atoms with Gasteiger partial charge in [0.15, 0.2) is 5.78 Å². The summed E-state index contributed by atoms with van der Waals surface area (Å²) in [5.74, 6) is -1.97. The van der Waals surface area contributed by atoms with Crippen LogP contribution in [0.1, 0.15) is 5.56 Å². The summed E-state index contributed by atoms with van der Waals surface area (Å²) in [6.45, 7) is 0. The molecule has 0 fully saturated rings. The predicted octanol–water partition coefficient (Wildman–Crippen LogP) is 3.44. The molecule has 0 saturated heterocycles. The quantitative estimate of drug-likeness (QED) is 0.491. The SMILES string of the molecule is O=Nc1cc(/C=C/C=C/C=C2\C=CC(=O)C(C(=O)O)=C2)ccc1O. The second-order valence-electron chi connectivity index (χ2n) is 4.81. The van der Waals surface area contributed by atoms with Crippen molar-refractivity contribution < 1.29 is 19.8 Å². The number of phenolic OH excluding ortho intramolecular Hbond substituents is 1. The molecule has 6 nitrogen and oxygen atoms in total. The number of carboxylic acids is 1. The second-order valence-corrected chi connectivity index (χ2v) is 4.81. The van der Waals surface area contributed by atoms with E-state index in [0.29, 0.717) is 11.1 Å². The maximum absolute atomic E-state index is 11.4. The van der Waals surface area contributed by atoms with E-state index in [-0.39, 0.29) is 17.0 Å². The lowest BCUT2D eigenvalue weighted by Gasteiger charge is -2.03. The maximum atomic E-state index is 11.4. The zero-order valence-electron chi connectivity index (χ0n) is 12.4. The van der Waals surface area contributed by atoms with Gasteiger partial charge in [0.2, 0.25) is 0 Å². The van der Waals surface area contributed by atoms with Crippen molar-refractivity contribution in [2.24, 2.45) is 5.18 Å². The molecule has 0 radical (unpaired) electrons. The highest BCUT2D eigenvalue weighted by Crippen LogP contribution is 2.27. The molecule has 120 valence electrons. The lowest BCUT2D eigenvalue weighted by atomic mass is 10.0. The summed E-state index contributed by atoms with van der Waals surface area (Å²) in [6, 6.07) is 4.46. The minimum atomic E-state index is -1.26. The third kappa shape index (κ3) is 4.23. The number of carboxylic acid groups (broad SMARTS) is 1. The topological polar surface area (TPSA) is 104 Å². The summed E-state index contributed by atoms with van der Waals surface area (Å²) in [6.07, 6.45) is 12.5. The number of ketones is 1. The van der Waals surface area contributed by atoms with Gasteiger partial charge in [0.25, 0.3) is 0 Å². The largest absolute Gasteiger partial charge is 0.506 e. The molecule has 1 aromatic carbocycles. The van der Waals surface area contributed by atoms with E-state index in [4.69, 9.17) is 5.11 Å². The molecule has 0 bridgehead atoms. The van der Waals surface area contributed by atoms with Crippen molar-refractivity contribution in [2.75, 3.05) is 0 Å². The van der Waals surface area contributed by atoms with E-state index in [2.05, 4.69) is 5.18 Å². The summed E-state index contributed by atoms with van der Waals surface area (Å²) in [5.41, 5.74) is 0.974. The van der Waals surface area contributed by atoms with Crippen LogP contribution in [0.2, 0.25) is 0 Å². The number of hydrogen-bond donors (Lipinski definition) is 2. The van der Waals surface area contributed by atoms with Crippen LogP contribution in [-0.2, 0) is 9.59 Å². The van der Waals surface area contributed by atoms with E-state index in [0.717, 1.165) is 0 Å². The summed E-state index contributed by atoms with van der Waals surface area (Å²) in [7, 11) is 0. The van der Waals surface area contributed by atoms with Crippen LogP contribution in [0.3, 0.4) is 0 Å². The molecule has 0 aromatic heterocycles. The summed E-state index contributed by atoms with van der Waals surface area (Å²) < 4.78 is 0. The molecule has 2 rings (SSSR count). The van der Waals surface area contributed by atoms with Crippen molar-refractivity contribution in [3.8, 4) is 5.75 Å². The molecule has 0 saturated carbocycles. The Bertz CT molecular complexity index is 841. The van der Waals surface area contributed by atoms with Crippen LogP contribution in [-0.4, -0.2) is 22.0 Å². The normalized spacial score (nSPS) is 16.1. The van der Waals surface area contributed by atoms with Crippen molar-refractivity contribution in [3.63, 3.8) is 0 Å². The molecule has 1 aromatic rings. The number of carbonyl (C=O) groups is 2. The van der Waals surface area contributed by atoms with Gasteiger partial charge in [-0.15, -0.1) is 4.91 Å². The van der Waals surface area contributed by atoms with Crippen LogP contribution < -0.4 is 0 Å². The highest BCUT2D eigenvalue weighted by molar-refractivity contribution is 6.22. The first-order valence-electron chi connectivity index (χ1n) is 6.90. The highest BCUT2D eigenvalue weighted by atomic mass is 16.4. The number of carbonyl (C=O) groups excluding carboxylic acids is 1. The van der Waals surface area contributed by atoms with Crippen LogP contribution in [0.5, 0.6) is 5.75 Å². The van der Waals surface area contributed by atoms with E-state index in [1.807, 2.05) is 0 Å². The van der Waals surface area contributed by atoms with Gasteiger partial charge in [-0.2, -0.15) is 0 Å². The van der Waals surface area contributed by atoms with Gasteiger partial charge in [-0.3, -0.25) is 4.79 Å². The highest BCUT2D eigenvalue weighted by Gasteiger charge is 2.17. The number of phenols is 1. The van der Waals surface area contributed by atoms with Crippen LogP contribution in [0.15, 0.2) is 77.1 Å². The van der Waals surface area contributed by atoms with Gasteiger partial charge in [-0.05, 0) is 40.6 Å². The number of hydrogen-bond acceptors (Lipinski definition) is 5. The first-order valence-corrected chi connectivity index (χ1v) is 6.90. The molecule has 6 heteroatoms. The van der Waals surface area contributed by atoms with Gasteiger partial charge in [-0.1, -0.05) is 42.5 Å². The Morgan fingerprint density at radius 2 is 1.92 bits per heavy atom. The van der Waals surface area contributed by atoms with Crippen molar-refractivity contribution in [3.05, 3.63) is 82.3 Å². The first kappa shape index (κ1) is 16.8. The van der Waals surface area contributed by atoms with E-state index in [1.54, 1.807) is 36.4 Å². The van der Waals surface area contributed by atoms with E-state index in [1.165, 1.54) is 30.4 Å². The minimum absolute atomic E-state index is 0.0356. The Morgan fingerprint density at radius 3 is 2.62 bits per heavy atom. The molecule has 0 spiro atoms. The average molecular weight is 323 g/mol. The van der Waals surface area contributed by atoms with E-state index >= 15 is 0 Å². The number of nitroso groups, excluding NO2 is 1. The molecule has 0 amide bonds.